The summed E-state index contributed by atoms with van der Waals surface area (Å²) in [6, 6.07) is 0. The van der Waals surface area contributed by atoms with Gasteiger partial charge in [-0.25, -0.2) is 0 Å². The molecule has 0 spiro atoms. The number of carbonyl (C=O) groups excluding carboxylic acids is 2. The zero-order chi connectivity index (χ0) is 17.3. The van der Waals surface area contributed by atoms with Crippen LogP contribution in [0.4, 0.5) is 0 Å². The van der Waals surface area contributed by atoms with E-state index < -0.39 is 33.7 Å². The predicted molar refractivity (Wildman–Crippen MR) is 81.9 cm³/mol. The van der Waals surface area contributed by atoms with Gasteiger partial charge in [0.1, 0.15) is 0 Å². The summed E-state index contributed by atoms with van der Waals surface area (Å²) in [5.74, 6) is -1.39. The Labute approximate surface area is 162 Å². The van der Waals surface area contributed by atoms with Crippen LogP contribution in [0.1, 0.15) is 48.4 Å². The maximum atomic E-state index is 11.7. The Kier molecular flexibility index (Phi) is 13.4. The minimum absolute atomic E-state index is 0. The molecule has 1 unspecified atom stereocenters. The van der Waals surface area contributed by atoms with Crippen molar-refractivity contribution < 1.29 is 63.0 Å². The van der Waals surface area contributed by atoms with Gasteiger partial charge in [0.2, 0.25) is 0 Å². The Morgan fingerprint density at radius 1 is 1.00 bits per heavy atom. The molecule has 0 aromatic heterocycles. The van der Waals surface area contributed by atoms with Crippen LogP contribution in [0.5, 0.6) is 0 Å². The number of hydrogen-bond acceptors (Lipinski definition) is 6. The first-order valence-electron chi connectivity index (χ1n) is 7.32. The standard InChI is InChI=1S/C14H26O7S.Na.H/c1-10(2)5-7-20-13(15)9-12(22(17,18)19)14(16)21-8-6-11(3)4;;/h10-12H,5-9H2,1-4H3,(H,17,18,19);;/q;+1;-1. The van der Waals surface area contributed by atoms with Gasteiger partial charge in [-0.2, -0.15) is 8.42 Å². The van der Waals surface area contributed by atoms with Crippen molar-refractivity contribution in [3.63, 3.8) is 0 Å². The number of carbonyl (C=O) groups is 2. The van der Waals surface area contributed by atoms with E-state index in [9.17, 15) is 18.0 Å². The molecular formula is C14H27NaO7S. The fraction of sp³-hybridized carbons (Fsp3) is 0.857. The molecule has 0 bridgehead atoms. The zero-order valence-corrected chi connectivity index (χ0v) is 17.4. The average Bonchev–Trinajstić information content (AvgIpc) is 2.33. The van der Waals surface area contributed by atoms with Crippen molar-refractivity contribution in [1.29, 1.82) is 0 Å². The summed E-state index contributed by atoms with van der Waals surface area (Å²) in [4.78, 5) is 23.3. The molecule has 132 valence electrons. The van der Waals surface area contributed by atoms with Crippen LogP contribution in [-0.2, 0) is 29.2 Å². The maximum absolute atomic E-state index is 11.7. The number of ether oxygens (including phenoxy) is 2. The Morgan fingerprint density at radius 2 is 1.43 bits per heavy atom. The Hall–Kier alpha value is -0.150. The van der Waals surface area contributed by atoms with Crippen molar-refractivity contribution in [2.24, 2.45) is 11.8 Å². The summed E-state index contributed by atoms with van der Waals surface area (Å²) < 4.78 is 41.2. The van der Waals surface area contributed by atoms with Gasteiger partial charge in [-0.3, -0.25) is 14.1 Å². The second-order valence-electron chi connectivity index (χ2n) is 5.96. The monoisotopic (exact) mass is 362 g/mol. The maximum Gasteiger partial charge on any atom is 1.00 e. The van der Waals surface area contributed by atoms with Crippen molar-refractivity contribution in [3.05, 3.63) is 0 Å². The molecule has 0 aromatic carbocycles. The van der Waals surface area contributed by atoms with E-state index in [2.05, 4.69) is 0 Å². The first-order chi connectivity index (χ1) is 10.0. The Balaban J connectivity index is -0.00000220. The van der Waals surface area contributed by atoms with E-state index in [-0.39, 0.29) is 50.1 Å². The minimum atomic E-state index is -4.73. The molecule has 7 nitrogen and oxygen atoms in total. The second-order valence-corrected chi connectivity index (χ2v) is 7.56. The van der Waals surface area contributed by atoms with Crippen LogP contribution in [0.3, 0.4) is 0 Å². The SMILES string of the molecule is CC(C)CCOC(=O)CC(C(=O)OCCC(C)C)S(=O)(=O)O.[H-].[Na+]. The topological polar surface area (TPSA) is 107 Å². The minimum Gasteiger partial charge on any atom is -1.00 e. The normalized spacial score (nSPS) is 12.7. The van der Waals surface area contributed by atoms with Crippen LogP contribution in [0.25, 0.3) is 0 Å². The van der Waals surface area contributed by atoms with E-state index in [0.29, 0.717) is 18.8 Å². The smallest absolute Gasteiger partial charge is 1.00 e. The molecule has 0 aliphatic heterocycles. The molecule has 0 saturated carbocycles. The van der Waals surface area contributed by atoms with Crippen LogP contribution in [0.15, 0.2) is 0 Å². The van der Waals surface area contributed by atoms with Gasteiger partial charge < -0.3 is 10.9 Å². The molecular weight excluding hydrogens is 335 g/mol. The molecule has 0 rings (SSSR count). The van der Waals surface area contributed by atoms with E-state index >= 15 is 0 Å². The van der Waals surface area contributed by atoms with Crippen molar-refractivity contribution in [2.75, 3.05) is 13.2 Å². The third kappa shape index (κ3) is 12.9. The van der Waals surface area contributed by atoms with Gasteiger partial charge >= 0.3 is 41.5 Å². The van der Waals surface area contributed by atoms with Gasteiger partial charge in [-0.15, -0.1) is 0 Å². The second kappa shape index (κ2) is 12.2. The van der Waals surface area contributed by atoms with E-state index in [4.69, 9.17) is 14.0 Å². The van der Waals surface area contributed by atoms with Gasteiger partial charge in [-0.05, 0) is 24.7 Å². The van der Waals surface area contributed by atoms with E-state index in [1.807, 2.05) is 27.7 Å². The molecule has 0 aromatic rings. The summed E-state index contributed by atoms with van der Waals surface area (Å²) in [6.45, 7) is 7.89. The average molecular weight is 362 g/mol. The van der Waals surface area contributed by atoms with Crippen molar-refractivity contribution >= 4 is 22.1 Å². The number of rotatable bonds is 10. The third-order valence-corrected chi connectivity index (χ3v) is 3.95. The summed E-state index contributed by atoms with van der Waals surface area (Å²) >= 11 is 0. The van der Waals surface area contributed by atoms with Crippen LogP contribution in [-0.4, -0.2) is 43.4 Å². The van der Waals surface area contributed by atoms with Gasteiger partial charge in [0.05, 0.1) is 19.6 Å². The van der Waals surface area contributed by atoms with E-state index in [0.717, 1.165) is 0 Å². The first kappa shape index (κ1) is 25.1. The molecule has 9 heteroatoms. The molecule has 0 radical (unpaired) electrons. The van der Waals surface area contributed by atoms with Crippen LogP contribution in [0.2, 0.25) is 0 Å². The molecule has 1 atom stereocenters. The van der Waals surface area contributed by atoms with Gasteiger partial charge in [-0.1, -0.05) is 27.7 Å². The fourth-order valence-electron chi connectivity index (χ4n) is 1.42. The molecule has 0 heterocycles. The molecule has 0 aliphatic rings. The molecule has 23 heavy (non-hydrogen) atoms. The summed E-state index contributed by atoms with van der Waals surface area (Å²) in [7, 11) is -4.73. The van der Waals surface area contributed by atoms with Crippen LogP contribution >= 0.6 is 0 Å². The van der Waals surface area contributed by atoms with E-state index in [1.54, 1.807) is 0 Å². The largest absolute Gasteiger partial charge is 1.00 e. The summed E-state index contributed by atoms with van der Waals surface area (Å²) in [5, 5.41) is -1.94. The Morgan fingerprint density at radius 3 is 1.83 bits per heavy atom. The van der Waals surface area contributed by atoms with Crippen molar-refractivity contribution in [2.45, 2.75) is 52.2 Å². The summed E-state index contributed by atoms with van der Waals surface area (Å²) in [5.41, 5.74) is 0. The molecule has 1 N–H and O–H groups in total. The quantitative estimate of drug-likeness (QED) is 0.299. The van der Waals surface area contributed by atoms with Crippen LogP contribution < -0.4 is 29.6 Å². The predicted octanol–water partition coefficient (Wildman–Crippen LogP) is -1.07. The molecule has 0 fully saturated rings. The first-order valence-corrected chi connectivity index (χ1v) is 8.83. The van der Waals surface area contributed by atoms with Gasteiger partial charge in [0.15, 0.2) is 5.25 Å². The third-order valence-electron chi connectivity index (χ3n) is 2.87. The molecule has 0 amide bonds. The zero-order valence-electron chi connectivity index (χ0n) is 15.6. The van der Waals surface area contributed by atoms with Crippen LogP contribution in [0, 0.1) is 11.8 Å². The summed E-state index contributed by atoms with van der Waals surface area (Å²) in [6.07, 6.45) is 0.432. The van der Waals surface area contributed by atoms with Gasteiger partial charge in [0.25, 0.3) is 10.1 Å². The van der Waals surface area contributed by atoms with Gasteiger partial charge in [0, 0.05) is 0 Å². The Bertz CT molecular complexity index is 466. The number of hydrogen-bond donors (Lipinski definition) is 1. The van der Waals surface area contributed by atoms with Crippen molar-refractivity contribution in [3.8, 4) is 0 Å². The molecule has 0 saturated heterocycles. The molecule has 0 aliphatic carbocycles. The fourth-order valence-corrected chi connectivity index (χ4v) is 2.08. The number of esters is 2. The van der Waals surface area contributed by atoms with E-state index in [1.165, 1.54) is 0 Å². The van der Waals surface area contributed by atoms with Crippen molar-refractivity contribution in [1.82, 2.24) is 0 Å².